The highest BCUT2D eigenvalue weighted by Gasteiger charge is 2.27. The molecule has 2 aliphatic rings. The van der Waals surface area contributed by atoms with E-state index in [1.807, 2.05) is 0 Å². The summed E-state index contributed by atoms with van der Waals surface area (Å²) < 4.78 is 10.8. The molecule has 21 heavy (non-hydrogen) atoms. The Morgan fingerprint density at radius 1 is 1.19 bits per heavy atom. The SMILES string of the molecule is COc1cc2c(cc1OC)CN(CC1CCNC1C)CC2. The van der Waals surface area contributed by atoms with Crippen LogP contribution >= 0.6 is 0 Å². The summed E-state index contributed by atoms with van der Waals surface area (Å²) in [6.07, 6.45) is 2.40. The van der Waals surface area contributed by atoms with Crippen molar-refractivity contribution in [2.75, 3.05) is 33.9 Å². The maximum atomic E-state index is 5.43. The maximum Gasteiger partial charge on any atom is 0.161 e. The van der Waals surface area contributed by atoms with Gasteiger partial charge in [-0.1, -0.05) is 0 Å². The maximum absolute atomic E-state index is 5.43. The Morgan fingerprint density at radius 3 is 2.52 bits per heavy atom. The van der Waals surface area contributed by atoms with Gasteiger partial charge in [0, 0.05) is 25.7 Å². The van der Waals surface area contributed by atoms with Crippen molar-refractivity contribution in [2.24, 2.45) is 5.92 Å². The molecular formula is C17H26N2O2. The second kappa shape index (κ2) is 6.24. The highest BCUT2D eigenvalue weighted by atomic mass is 16.5. The first-order valence-electron chi connectivity index (χ1n) is 7.90. The van der Waals surface area contributed by atoms with E-state index >= 15 is 0 Å². The molecule has 1 fully saturated rings. The quantitative estimate of drug-likeness (QED) is 0.920. The smallest absolute Gasteiger partial charge is 0.161 e. The summed E-state index contributed by atoms with van der Waals surface area (Å²) >= 11 is 0. The average Bonchev–Trinajstić information content (AvgIpc) is 2.91. The molecule has 1 saturated heterocycles. The number of fused-ring (bicyclic) bond motifs is 1. The van der Waals surface area contributed by atoms with Crippen LogP contribution in [0.3, 0.4) is 0 Å². The molecule has 0 radical (unpaired) electrons. The van der Waals surface area contributed by atoms with Crippen LogP contribution in [0.15, 0.2) is 12.1 Å². The van der Waals surface area contributed by atoms with Gasteiger partial charge in [-0.05, 0) is 55.5 Å². The Balaban J connectivity index is 1.72. The third-order valence-corrected chi connectivity index (χ3v) is 4.98. The van der Waals surface area contributed by atoms with Crippen LogP contribution < -0.4 is 14.8 Å². The normalized spacial score (nSPS) is 25.7. The van der Waals surface area contributed by atoms with E-state index < -0.39 is 0 Å². The average molecular weight is 290 g/mol. The number of rotatable bonds is 4. The Hall–Kier alpha value is -1.26. The zero-order chi connectivity index (χ0) is 14.8. The molecule has 2 unspecified atom stereocenters. The number of ether oxygens (including phenoxy) is 2. The summed E-state index contributed by atoms with van der Waals surface area (Å²) in [5.74, 6) is 2.47. The molecular weight excluding hydrogens is 264 g/mol. The molecule has 1 aromatic rings. The molecule has 3 rings (SSSR count). The van der Waals surface area contributed by atoms with Crippen LogP contribution in [-0.4, -0.2) is 44.8 Å². The fraction of sp³-hybridized carbons (Fsp3) is 0.647. The second-order valence-corrected chi connectivity index (χ2v) is 6.25. The number of nitrogens with zero attached hydrogens (tertiary/aromatic N) is 1. The number of hydrogen-bond acceptors (Lipinski definition) is 4. The molecule has 1 N–H and O–H groups in total. The molecule has 0 aliphatic carbocycles. The molecule has 2 aliphatic heterocycles. The van der Waals surface area contributed by atoms with Crippen LogP contribution in [0.1, 0.15) is 24.5 Å². The van der Waals surface area contributed by atoms with Gasteiger partial charge in [0.05, 0.1) is 14.2 Å². The molecule has 0 amide bonds. The zero-order valence-electron chi connectivity index (χ0n) is 13.3. The van der Waals surface area contributed by atoms with Crippen molar-refractivity contribution in [3.63, 3.8) is 0 Å². The van der Waals surface area contributed by atoms with E-state index in [9.17, 15) is 0 Å². The van der Waals surface area contributed by atoms with Crippen molar-refractivity contribution >= 4 is 0 Å². The molecule has 0 aromatic heterocycles. The van der Waals surface area contributed by atoms with Crippen LogP contribution in [0, 0.1) is 5.92 Å². The van der Waals surface area contributed by atoms with Crippen molar-refractivity contribution in [1.29, 1.82) is 0 Å². The Morgan fingerprint density at radius 2 is 1.90 bits per heavy atom. The van der Waals surface area contributed by atoms with Crippen LogP contribution in [0.5, 0.6) is 11.5 Å². The standard InChI is InChI=1S/C17H26N2O2/c1-12-14(4-6-18-12)10-19-7-5-13-8-16(20-2)17(21-3)9-15(13)11-19/h8-9,12,14,18H,4-7,10-11H2,1-3H3. The van der Waals surface area contributed by atoms with Gasteiger partial charge < -0.3 is 14.8 Å². The summed E-state index contributed by atoms with van der Waals surface area (Å²) in [7, 11) is 3.41. The van der Waals surface area contributed by atoms with Gasteiger partial charge in [0.25, 0.3) is 0 Å². The van der Waals surface area contributed by atoms with E-state index in [1.54, 1.807) is 14.2 Å². The fourth-order valence-electron chi connectivity index (χ4n) is 3.59. The highest BCUT2D eigenvalue weighted by Crippen LogP contribution is 2.33. The summed E-state index contributed by atoms with van der Waals surface area (Å²) in [5, 5.41) is 3.55. The zero-order valence-corrected chi connectivity index (χ0v) is 13.3. The first kappa shape index (κ1) is 14.7. The monoisotopic (exact) mass is 290 g/mol. The number of nitrogens with one attached hydrogen (secondary N) is 1. The summed E-state index contributed by atoms with van der Waals surface area (Å²) in [6, 6.07) is 4.94. The second-order valence-electron chi connectivity index (χ2n) is 6.25. The van der Waals surface area contributed by atoms with E-state index in [-0.39, 0.29) is 0 Å². The van der Waals surface area contributed by atoms with Crippen molar-refractivity contribution in [3.8, 4) is 11.5 Å². The van der Waals surface area contributed by atoms with Gasteiger partial charge in [0.1, 0.15) is 0 Å². The third kappa shape index (κ3) is 3.01. The van der Waals surface area contributed by atoms with E-state index in [2.05, 4.69) is 29.3 Å². The minimum Gasteiger partial charge on any atom is -0.493 e. The van der Waals surface area contributed by atoms with Crippen molar-refractivity contribution in [3.05, 3.63) is 23.3 Å². The lowest BCUT2D eigenvalue weighted by molar-refractivity contribution is 0.206. The summed E-state index contributed by atoms with van der Waals surface area (Å²) in [6.45, 7) is 6.84. The first-order valence-corrected chi connectivity index (χ1v) is 7.90. The predicted molar refractivity (Wildman–Crippen MR) is 84.1 cm³/mol. The Kier molecular flexibility index (Phi) is 4.36. The number of benzene rings is 1. The minimum atomic E-state index is 0.650. The lowest BCUT2D eigenvalue weighted by Gasteiger charge is -2.32. The van der Waals surface area contributed by atoms with Gasteiger partial charge in [-0.3, -0.25) is 4.90 Å². The first-order chi connectivity index (χ1) is 10.2. The van der Waals surface area contributed by atoms with Gasteiger partial charge in [-0.2, -0.15) is 0 Å². The fourth-order valence-corrected chi connectivity index (χ4v) is 3.59. The number of hydrogen-bond donors (Lipinski definition) is 1. The van der Waals surface area contributed by atoms with Gasteiger partial charge in [0.15, 0.2) is 11.5 Å². The molecule has 0 bridgehead atoms. The molecule has 4 heteroatoms. The summed E-state index contributed by atoms with van der Waals surface area (Å²) in [4.78, 5) is 2.59. The van der Waals surface area contributed by atoms with Crippen LogP contribution in [0.4, 0.5) is 0 Å². The van der Waals surface area contributed by atoms with Crippen LogP contribution in [0.25, 0.3) is 0 Å². The molecule has 2 heterocycles. The summed E-state index contributed by atoms with van der Waals surface area (Å²) in [5.41, 5.74) is 2.79. The van der Waals surface area contributed by atoms with E-state index in [0.29, 0.717) is 6.04 Å². The molecule has 2 atom stereocenters. The lowest BCUT2D eigenvalue weighted by Crippen LogP contribution is -2.37. The predicted octanol–water partition coefficient (Wildman–Crippen LogP) is 2.06. The van der Waals surface area contributed by atoms with Gasteiger partial charge in [0.2, 0.25) is 0 Å². The van der Waals surface area contributed by atoms with Crippen molar-refractivity contribution in [1.82, 2.24) is 10.2 Å². The van der Waals surface area contributed by atoms with Gasteiger partial charge in [-0.15, -0.1) is 0 Å². The topological polar surface area (TPSA) is 33.7 Å². The Labute approximate surface area is 127 Å². The third-order valence-electron chi connectivity index (χ3n) is 4.98. The molecule has 1 aromatic carbocycles. The molecule has 116 valence electrons. The van der Waals surface area contributed by atoms with Gasteiger partial charge >= 0.3 is 0 Å². The molecule has 0 spiro atoms. The number of methoxy groups -OCH3 is 2. The van der Waals surface area contributed by atoms with E-state index in [0.717, 1.165) is 36.9 Å². The Bertz CT molecular complexity index is 504. The van der Waals surface area contributed by atoms with Crippen molar-refractivity contribution < 1.29 is 9.47 Å². The van der Waals surface area contributed by atoms with E-state index in [1.165, 1.54) is 30.6 Å². The van der Waals surface area contributed by atoms with Crippen LogP contribution in [0.2, 0.25) is 0 Å². The van der Waals surface area contributed by atoms with Gasteiger partial charge in [-0.25, -0.2) is 0 Å². The van der Waals surface area contributed by atoms with Crippen LogP contribution in [-0.2, 0) is 13.0 Å². The largest absolute Gasteiger partial charge is 0.493 e. The molecule has 4 nitrogen and oxygen atoms in total. The van der Waals surface area contributed by atoms with Crippen molar-refractivity contribution in [2.45, 2.75) is 32.4 Å². The lowest BCUT2D eigenvalue weighted by atomic mass is 9.96. The minimum absolute atomic E-state index is 0.650. The molecule has 0 saturated carbocycles. The van der Waals surface area contributed by atoms with E-state index in [4.69, 9.17) is 9.47 Å². The highest BCUT2D eigenvalue weighted by molar-refractivity contribution is 5.48.